The highest BCUT2D eigenvalue weighted by Crippen LogP contribution is 2.21. The van der Waals surface area contributed by atoms with Crippen molar-refractivity contribution in [1.29, 1.82) is 0 Å². The van der Waals surface area contributed by atoms with E-state index in [0.717, 1.165) is 12.8 Å². The maximum Gasteiger partial charge on any atom is 0.338 e. The van der Waals surface area contributed by atoms with E-state index in [1.165, 1.54) is 39.9 Å². The fourth-order valence-corrected chi connectivity index (χ4v) is 4.82. The number of amides is 2. The molecule has 0 atom stereocenters. The minimum absolute atomic E-state index is 0.102. The third kappa shape index (κ3) is 4.64. The number of imide groups is 1. The lowest BCUT2D eigenvalue weighted by molar-refractivity contribution is -0.123. The average Bonchev–Trinajstić information content (AvgIpc) is 3.40. The number of hydrogen-bond donors (Lipinski definition) is 1. The number of hydrogen-bond acceptors (Lipinski definition) is 7. The van der Waals surface area contributed by atoms with Gasteiger partial charge in [0.05, 0.1) is 15.3 Å². The van der Waals surface area contributed by atoms with Gasteiger partial charge in [-0.1, -0.05) is 6.07 Å². The van der Waals surface area contributed by atoms with E-state index in [-0.39, 0.29) is 10.5 Å². The molecule has 2 amide bonds. The summed E-state index contributed by atoms with van der Waals surface area (Å²) in [4.78, 5) is 36.0. The van der Waals surface area contributed by atoms with Gasteiger partial charge < -0.3 is 4.74 Å². The summed E-state index contributed by atoms with van der Waals surface area (Å²) in [5.74, 6) is -2.10. The molecule has 8 nitrogen and oxygen atoms in total. The monoisotopic (exact) mass is 422 g/mol. The van der Waals surface area contributed by atoms with Gasteiger partial charge in [-0.2, -0.15) is 4.31 Å². The van der Waals surface area contributed by atoms with E-state index >= 15 is 0 Å². The largest absolute Gasteiger partial charge is 0.452 e. The Hall–Kier alpha value is -2.56. The van der Waals surface area contributed by atoms with E-state index in [2.05, 4.69) is 5.32 Å². The lowest BCUT2D eigenvalue weighted by atomic mass is 10.2. The molecule has 0 bridgehead atoms. The Balaban J connectivity index is 1.54. The van der Waals surface area contributed by atoms with Crippen molar-refractivity contribution in [2.45, 2.75) is 17.7 Å². The summed E-state index contributed by atoms with van der Waals surface area (Å²) in [5, 5.41) is 3.82. The molecular formula is C18H18N2O6S2. The van der Waals surface area contributed by atoms with Crippen LogP contribution in [0.2, 0.25) is 0 Å². The summed E-state index contributed by atoms with van der Waals surface area (Å²) < 4.78 is 31.2. The van der Waals surface area contributed by atoms with Gasteiger partial charge in [0.1, 0.15) is 0 Å². The van der Waals surface area contributed by atoms with Crippen molar-refractivity contribution in [1.82, 2.24) is 9.62 Å². The number of benzene rings is 1. The van der Waals surface area contributed by atoms with Crippen molar-refractivity contribution < 1.29 is 27.5 Å². The Bertz CT molecular complexity index is 962. The number of ether oxygens (including phenoxy) is 1. The van der Waals surface area contributed by atoms with Crippen molar-refractivity contribution in [2.75, 3.05) is 19.7 Å². The summed E-state index contributed by atoms with van der Waals surface area (Å²) in [5.41, 5.74) is 0.109. The molecule has 1 fully saturated rings. The third-order valence-electron chi connectivity index (χ3n) is 4.13. The highest BCUT2D eigenvalue weighted by atomic mass is 32.2. The van der Waals surface area contributed by atoms with Crippen LogP contribution in [0.15, 0.2) is 46.7 Å². The molecule has 0 unspecified atom stereocenters. The van der Waals surface area contributed by atoms with Crippen molar-refractivity contribution in [3.05, 3.63) is 52.2 Å². The molecule has 0 saturated carbocycles. The van der Waals surface area contributed by atoms with E-state index in [4.69, 9.17) is 4.74 Å². The van der Waals surface area contributed by atoms with Crippen LogP contribution in [0.25, 0.3) is 0 Å². The summed E-state index contributed by atoms with van der Waals surface area (Å²) in [6, 6.07) is 8.59. The van der Waals surface area contributed by atoms with Gasteiger partial charge in [0.2, 0.25) is 10.0 Å². The second-order valence-corrected chi connectivity index (χ2v) is 8.95. The predicted molar refractivity (Wildman–Crippen MR) is 102 cm³/mol. The van der Waals surface area contributed by atoms with Gasteiger partial charge in [-0.3, -0.25) is 14.9 Å². The lowest BCUT2D eigenvalue weighted by Gasteiger charge is -2.15. The van der Waals surface area contributed by atoms with Gasteiger partial charge in [0.25, 0.3) is 11.8 Å². The Kier molecular flexibility index (Phi) is 6.22. The molecule has 1 aromatic heterocycles. The number of sulfonamides is 1. The average molecular weight is 422 g/mol. The van der Waals surface area contributed by atoms with Crippen molar-refractivity contribution >= 4 is 39.1 Å². The normalized spacial score (nSPS) is 14.6. The first kappa shape index (κ1) is 20.2. The number of nitrogens with zero attached hydrogens (tertiary/aromatic N) is 1. The van der Waals surface area contributed by atoms with E-state index in [1.54, 1.807) is 17.5 Å². The van der Waals surface area contributed by atoms with Gasteiger partial charge in [-0.15, -0.1) is 11.3 Å². The third-order valence-corrected chi connectivity index (χ3v) is 6.91. The fourth-order valence-electron chi connectivity index (χ4n) is 2.69. The van der Waals surface area contributed by atoms with Gasteiger partial charge in [0, 0.05) is 13.1 Å². The molecule has 0 spiro atoms. The predicted octanol–water partition coefficient (Wildman–Crippen LogP) is 1.65. The van der Waals surface area contributed by atoms with Crippen LogP contribution in [-0.2, 0) is 19.6 Å². The van der Waals surface area contributed by atoms with Gasteiger partial charge in [-0.05, 0) is 48.6 Å². The minimum atomic E-state index is -3.56. The fraction of sp³-hybridized carbons (Fsp3) is 0.278. The molecule has 148 valence electrons. The van der Waals surface area contributed by atoms with Crippen LogP contribution in [0.1, 0.15) is 32.9 Å². The first-order valence-corrected chi connectivity index (χ1v) is 10.8. The van der Waals surface area contributed by atoms with E-state index in [9.17, 15) is 22.8 Å². The molecule has 0 aliphatic carbocycles. The van der Waals surface area contributed by atoms with Crippen LogP contribution >= 0.6 is 11.3 Å². The molecule has 1 aliphatic heterocycles. The molecule has 3 rings (SSSR count). The number of carbonyl (C=O) groups is 3. The number of thiophene rings is 1. The maximum absolute atomic E-state index is 12.5. The second-order valence-electron chi connectivity index (χ2n) is 6.07. The molecular weight excluding hydrogens is 404 g/mol. The molecule has 1 aromatic carbocycles. The molecule has 1 saturated heterocycles. The van der Waals surface area contributed by atoms with Crippen molar-refractivity contribution in [2.24, 2.45) is 0 Å². The Labute approximate surface area is 166 Å². The molecule has 2 heterocycles. The molecule has 1 aliphatic rings. The number of carbonyl (C=O) groups excluding carboxylic acids is 3. The number of rotatable bonds is 6. The zero-order valence-electron chi connectivity index (χ0n) is 14.8. The van der Waals surface area contributed by atoms with Crippen LogP contribution in [0.4, 0.5) is 0 Å². The van der Waals surface area contributed by atoms with Crippen LogP contribution in [0, 0.1) is 0 Å². The summed E-state index contributed by atoms with van der Waals surface area (Å²) in [6.45, 7) is 0.362. The molecule has 1 N–H and O–H groups in total. The zero-order valence-corrected chi connectivity index (χ0v) is 16.4. The second kappa shape index (κ2) is 8.63. The standard InChI is InChI=1S/C18H18N2O6S2/c21-16(19-17(22)15-4-3-11-27-15)12-26-18(23)13-5-7-14(8-6-13)28(24,25)20-9-1-2-10-20/h3-8,11H,1-2,9-10,12H2,(H,19,21,22). The molecule has 0 radical (unpaired) electrons. The number of nitrogens with one attached hydrogen (secondary N) is 1. The minimum Gasteiger partial charge on any atom is -0.452 e. The smallest absolute Gasteiger partial charge is 0.338 e. The summed E-state index contributed by atoms with van der Waals surface area (Å²) in [6.07, 6.45) is 1.67. The Morgan fingerprint density at radius 2 is 1.75 bits per heavy atom. The Morgan fingerprint density at radius 1 is 1.07 bits per heavy atom. The highest BCUT2D eigenvalue weighted by Gasteiger charge is 2.27. The van der Waals surface area contributed by atoms with Crippen LogP contribution in [0.5, 0.6) is 0 Å². The maximum atomic E-state index is 12.5. The zero-order chi connectivity index (χ0) is 20.1. The first-order valence-electron chi connectivity index (χ1n) is 8.53. The molecule has 28 heavy (non-hydrogen) atoms. The topological polar surface area (TPSA) is 110 Å². The number of esters is 1. The van der Waals surface area contributed by atoms with Gasteiger partial charge in [0.15, 0.2) is 6.61 Å². The van der Waals surface area contributed by atoms with E-state index in [1.807, 2.05) is 0 Å². The van der Waals surface area contributed by atoms with E-state index < -0.39 is 34.4 Å². The van der Waals surface area contributed by atoms with Crippen LogP contribution in [0.3, 0.4) is 0 Å². The SMILES string of the molecule is O=C(COC(=O)c1ccc(S(=O)(=O)N2CCCC2)cc1)NC(=O)c1cccs1. The summed E-state index contributed by atoms with van der Waals surface area (Å²) in [7, 11) is -3.56. The quantitative estimate of drug-likeness (QED) is 0.709. The van der Waals surface area contributed by atoms with Crippen LogP contribution < -0.4 is 5.32 Å². The first-order chi connectivity index (χ1) is 13.4. The lowest BCUT2D eigenvalue weighted by Crippen LogP contribution is -2.33. The van der Waals surface area contributed by atoms with Gasteiger partial charge in [-0.25, -0.2) is 13.2 Å². The van der Waals surface area contributed by atoms with Crippen LogP contribution in [-0.4, -0.2) is 50.2 Å². The summed E-state index contributed by atoms with van der Waals surface area (Å²) >= 11 is 1.18. The van der Waals surface area contributed by atoms with Crippen molar-refractivity contribution in [3.63, 3.8) is 0 Å². The van der Waals surface area contributed by atoms with E-state index in [0.29, 0.717) is 18.0 Å². The Morgan fingerprint density at radius 3 is 2.36 bits per heavy atom. The molecule has 2 aromatic rings. The van der Waals surface area contributed by atoms with Crippen molar-refractivity contribution in [3.8, 4) is 0 Å². The highest BCUT2D eigenvalue weighted by molar-refractivity contribution is 7.89. The molecule has 10 heteroatoms. The van der Waals surface area contributed by atoms with Gasteiger partial charge >= 0.3 is 5.97 Å².